The molecule has 0 radical (unpaired) electrons. The van der Waals surface area contributed by atoms with Crippen molar-refractivity contribution in [1.82, 2.24) is 10.3 Å². The van der Waals surface area contributed by atoms with Crippen LogP contribution < -0.4 is 5.32 Å². The number of benzene rings is 1. The summed E-state index contributed by atoms with van der Waals surface area (Å²) in [7, 11) is 0. The first-order valence-electron chi connectivity index (χ1n) is 6.58. The Morgan fingerprint density at radius 1 is 1.14 bits per heavy atom. The first kappa shape index (κ1) is 15.8. The first-order chi connectivity index (χ1) is 9.86. The minimum absolute atomic E-state index is 0.108. The summed E-state index contributed by atoms with van der Waals surface area (Å²) in [6.45, 7) is 6.00. The Labute approximate surface area is 134 Å². The van der Waals surface area contributed by atoms with E-state index < -0.39 is 0 Å². The smallest absolute Gasteiger partial charge is 0.251 e. The third-order valence-corrected chi connectivity index (χ3v) is 3.66. The second kappa shape index (κ2) is 6.46. The van der Waals surface area contributed by atoms with Crippen molar-refractivity contribution < 1.29 is 4.79 Å². The highest BCUT2D eigenvalue weighted by Gasteiger charge is 2.14. The molecular weight excluding hydrogens is 307 g/mol. The fourth-order valence-corrected chi connectivity index (χ4v) is 2.64. The van der Waals surface area contributed by atoms with Gasteiger partial charge in [-0.25, -0.2) is 4.98 Å². The molecule has 1 amide bonds. The van der Waals surface area contributed by atoms with Crippen LogP contribution in [0, 0.1) is 13.8 Å². The molecule has 21 heavy (non-hydrogen) atoms. The predicted molar refractivity (Wildman–Crippen MR) is 86.1 cm³/mol. The molecule has 0 bridgehead atoms. The molecule has 0 aliphatic heterocycles. The SMILES string of the molecule is Cc1ccc(C)c(C(C)NC(=O)c2cc(Cl)nc(Cl)c2)c1. The van der Waals surface area contributed by atoms with Crippen molar-refractivity contribution in [3.05, 3.63) is 62.9 Å². The molecule has 1 aromatic carbocycles. The van der Waals surface area contributed by atoms with Gasteiger partial charge in [-0.3, -0.25) is 4.79 Å². The van der Waals surface area contributed by atoms with E-state index in [2.05, 4.69) is 22.4 Å². The van der Waals surface area contributed by atoms with Crippen LogP contribution in [0.4, 0.5) is 0 Å². The van der Waals surface area contributed by atoms with Gasteiger partial charge in [-0.15, -0.1) is 0 Å². The van der Waals surface area contributed by atoms with Crippen molar-refractivity contribution in [1.29, 1.82) is 0 Å². The molecule has 1 atom stereocenters. The van der Waals surface area contributed by atoms with Crippen molar-refractivity contribution in [3.8, 4) is 0 Å². The van der Waals surface area contributed by atoms with E-state index in [-0.39, 0.29) is 22.3 Å². The summed E-state index contributed by atoms with van der Waals surface area (Å²) in [6.07, 6.45) is 0. The van der Waals surface area contributed by atoms with Gasteiger partial charge in [0, 0.05) is 5.56 Å². The Hall–Kier alpha value is -1.58. The van der Waals surface area contributed by atoms with E-state index in [0.29, 0.717) is 5.56 Å². The Morgan fingerprint density at radius 3 is 2.38 bits per heavy atom. The van der Waals surface area contributed by atoms with Gasteiger partial charge in [0.1, 0.15) is 10.3 Å². The highest BCUT2D eigenvalue weighted by molar-refractivity contribution is 6.33. The van der Waals surface area contributed by atoms with Crippen molar-refractivity contribution in [2.75, 3.05) is 0 Å². The summed E-state index contributed by atoms with van der Waals surface area (Å²) in [4.78, 5) is 16.1. The van der Waals surface area contributed by atoms with Gasteiger partial charge in [0.05, 0.1) is 6.04 Å². The molecule has 1 aromatic heterocycles. The number of carbonyl (C=O) groups excluding carboxylic acids is 1. The zero-order valence-corrected chi connectivity index (χ0v) is 13.6. The summed E-state index contributed by atoms with van der Waals surface area (Å²) in [5.74, 6) is -0.227. The molecular formula is C16H16Cl2N2O. The number of amides is 1. The Balaban J connectivity index is 2.20. The molecule has 110 valence electrons. The maximum atomic E-state index is 12.3. The zero-order valence-electron chi connectivity index (χ0n) is 12.1. The summed E-state index contributed by atoms with van der Waals surface area (Å²) >= 11 is 11.6. The summed E-state index contributed by atoms with van der Waals surface area (Å²) in [6, 6.07) is 9.07. The molecule has 0 saturated heterocycles. The summed E-state index contributed by atoms with van der Waals surface area (Å²) in [5.41, 5.74) is 3.79. The lowest BCUT2D eigenvalue weighted by molar-refractivity contribution is 0.0939. The van der Waals surface area contributed by atoms with Crippen molar-refractivity contribution in [2.24, 2.45) is 0 Å². The Kier molecular flexibility index (Phi) is 4.86. The zero-order chi connectivity index (χ0) is 15.6. The number of nitrogens with one attached hydrogen (secondary N) is 1. The molecule has 1 unspecified atom stereocenters. The Bertz CT molecular complexity index is 666. The number of carbonyl (C=O) groups is 1. The number of hydrogen-bond acceptors (Lipinski definition) is 2. The van der Waals surface area contributed by atoms with Gasteiger partial charge in [-0.2, -0.15) is 0 Å². The van der Waals surface area contributed by atoms with Gasteiger partial charge in [0.2, 0.25) is 0 Å². The van der Waals surface area contributed by atoms with Crippen LogP contribution in [0.3, 0.4) is 0 Å². The minimum Gasteiger partial charge on any atom is -0.346 e. The number of nitrogens with zero attached hydrogens (tertiary/aromatic N) is 1. The lowest BCUT2D eigenvalue weighted by Gasteiger charge is -2.17. The highest BCUT2D eigenvalue weighted by Crippen LogP contribution is 2.20. The number of aromatic nitrogens is 1. The molecule has 0 aliphatic carbocycles. The second-order valence-corrected chi connectivity index (χ2v) is 5.83. The van der Waals surface area contributed by atoms with Crippen molar-refractivity contribution in [3.63, 3.8) is 0 Å². The van der Waals surface area contributed by atoms with Gasteiger partial charge in [0.15, 0.2) is 0 Å². The van der Waals surface area contributed by atoms with Gasteiger partial charge >= 0.3 is 0 Å². The average Bonchev–Trinajstić information content (AvgIpc) is 2.40. The standard InChI is InChI=1S/C16H16Cl2N2O/c1-9-4-5-10(2)13(6-9)11(3)19-16(21)12-7-14(17)20-15(18)8-12/h4-8,11H,1-3H3,(H,19,21). The van der Waals surface area contributed by atoms with Gasteiger partial charge in [-0.05, 0) is 44.0 Å². The largest absolute Gasteiger partial charge is 0.346 e. The maximum absolute atomic E-state index is 12.3. The fourth-order valence-electron chi connectivity index (χ4n) is 2.18. The molecule has 5 heteroatoms. The van der Waals surface area contributed by atoms with E-state index >= 15 is 0 Å². The average molecular weight is 323 g/mol. The van der Waals surface area contributed by atoms with E-state index in [1.54, 1.807) is 0 Å². The van der Waals surface area contributed by atoms with E-state index in [4.69, 9.17) is 23.2 Å². The number of hydrogen-bond donors (Lipinski definition) is 1. The number of halogens is 2. The molecule has 0 saturated carbocycles. The topological polar surface area (TPSA) is 42.0 Å². The van der Waals surface area contributed by atoms with Crippen LogP contribution in [0.2, 0.25) is 10.3 Å². The lowest BCUT2D eigenvalue weighted by Crippen LogP contribution is -2.27. The Morgan fingerprint density at radius 2 is 1.76 bits per heavy atom. The number of aryl methyl sites for hydroxylation is 2. The number of pyridine rings is 1. The molecule has 0 fully saturated rings. The van der Waals surface area contributed by atoms with Crippen LogP contribution in [-0.2, 0) is 0 Å². The van der Waals surface area contributed by atoms with E-state index in [0.717, 1.165) is 16.7 Å². The molecule has 1 N–H and O–H groups in total. The molecule has 2 aromatic rings. The third-order valence-electron chi connectivity index (χ3n) is 3.27. The summed E-state index contributed by atoms with van der Waals surface area (Å²) < 4.78 is 0. The van der Waals surface area contributed by atoms with Crippen LogP contribution in [0.25, 0.3) is 0 Å². The second-order valence-electron chi connectivity index (χ2n) is 5.06. The minimum atomic E-state index is -0.227. The van der Waals surface area contributed by atoms with E-state index in [1.165, 1.54) is 12.1 Å². The van der Waals surface area contributed by atoms with Crippen molar-refractivity contribution >= 4 is 29.1 Å². The highest BCUT2D eigenvalue weighted by atomic mass is 35.5. The number of rotatable bonds is 3. The molecule has 3 nitrogen and oxygen atoms in total. The monoisotopic (exact) mass is 322 g/mol. The van der Waals surface area contributed by atoms with Crippen LogP contribution in [0.1, 0.15) is 40.0 Å². The third kappa shape index (κ3) is 3.96. The van der Waals surface area contributed by atoms with Gasteiger partial charge < -0.3 is 5.32 Å². The van der Waals surface area contributed by atoms with E-state index in [1.807, 2.05) is 26.8 Å². The fraction of sp³-hybridized carbons (Fsp3) is 0.250. The van der Waals surface area contributed by atoms with Gasteiger partial charge in [0.25, 0.3) is 5.91 Å². The van der Waals surface area contributed by atoms with Crippen LogP contribution >= 0.6 is 23.2 Å². The summed E-state index contributed by atoms with van der Waals surface area (Å²) in [5, 5.41) is 3.35. The quantitative estimate of drug-likeness (QED) is 0.845. The lowest BCUT2D eigenvalue weighted by atomic mass is 10.00. The molecule has 1 heterocycles. The maximum Gasteiger partial charge on any atom is 0.251 e. The molecule has 2 rings (SSSR count). The normalized spacial score (nSPS) is 12.0. The molecule has 0 spiro atoms. The molecule has 0 aliphatic rings. The van der Waals surface area contributed by atoms with Crippen molar-refractivity contribution in [2.45, 2.75) is 26.8 Å². The van der Waals surface area contributed by atoms with Crippen LogP contribution in [0.5, 0.6) is 0 Å². The van der Waals surface area contributed by atoms with Gasteiger partial charge in [-0.1, -0.05) is 47.0 Å². The van der Waals surface area contributed by atoms with E-state index in [9.17, 15) is 4.79 Å². The van der Waals surface area contributed by atoms with Crippen LogP contribution in [0.15, 0.2) is 30.3 Å². The first-order valence-corrected chi connectivity index (χ1v) is 7.33. The predicted octanol–water partition coefficient (Wildman–Crippen LogP) is 4.50. The van der Waals surface area contributed by atoms with Crippen LogP contribution in [-0.4, -0.2) is 10.9 Å².